The van der Waals surface area contributed by atoms with Gasteiger partial charge in [0, 0.05) is 48.8 Å². The molecule has 1 N–H and O–H groups in total. The molecule has 0 aromatic heterocycles. The highest BCUT2D eigenvalue weighted by atomic mass is 35.5. The van der Waals surface area contributed by atoms with Crippen LogP contribution in [0.2, 0.25) is 5.02 Å². The molecule has 30 heavy (non-hydrogen) atoms. The van der Waals surface area contributed by atoms with Crippen LogP contribution in [0.5, 0.6) is 0 Å². The van der Waals surface area contributed by atoms with Crippen molar-refractivity contribution in [3.05, 3.63) is 64.2 Å². The number of amides is 1. The Morgan fingerprint density at radius 3 is 2.73 bits per heavy atom. The second-order valence-corrected chi connectivity index (χ2v) is 9.15. The van der Waals surface area contributed by atoms with Crippen molar-refractivity contribution in [3.8, 4) is 0 Å². The Labute approximate surface area is 185 Å². The van der Waals surface area contributed by atoms with Gasteiger partial charge in [0.25, 0.3) is 0 Å². The van der Waals surface area contributed by atoms with Crippen LogP contribution in [-0.4, -0.2) is 47.9 Å². The molecule has 5 heteroatoms. The molecule has 2 bridgehead atoms. The molecule has 0 spiro atoms. The van der Waals surface area contributed by atoms with E-state index in [0.29, 0.717) is 31.5 Å². The van der Waals surface area contributed by atoms with Gasteiger partial charge in [-0.15, -0.1) is 0 Å². The van der Waals surface area contributed by atoms with Crippen molar-refractivity contribution in [1.29, 1.82) is 0 Å². The molecule has 1 amide bonds. The summed E-state index contributed by atoms with van der Waals surface area (Å²) in [5.74, 6) is 0.207. The molecular weight excluding hydrogens is 394 g/mol. The summed E-state index contributed by atoms with van der Waals surface area (Å²) in [6, 6.07) is 15.3. The second kappa shape index (κ2) is 9.40. The number of rotatable bonds is 3. The molecule has 1 fully saturated rings. The van der Waals surface area contributed by atoms with Crippen molar-refractivity contribution in [3.63, 3.8) is 0 Å². The first-order chi connectivity index (χ1) is 14.5. The Balaban J connectivity index is 1.57. The summed E-state index contributed by atoms with van der Waals surface area (Å²) < 4.78 is 0. The standard InChI is InChI=1S/C25H32ClN3O/c1-18-6-5-8-20-16-29(24(30)13-10-19-7-3-4-9-23(19)26)17-22-12-11-21(28(22)2)14-15-27-25(18)20/h3-9,21-22,27H,10-17H2,1-2H3. The van der Waals surface area contributed by atoms with Gasteiger partial charge >= 0.3 is 0 Å². The number of hydrogen-bond donors (Lipinski definition) is 1. The van der Waals surface area contributed by atoms with Crippen LogP contribution in [0.4, 0.5) is 5.69 Å². The smallest absolute Gasteiger partial charge is 0.223 e. The number of anilines is 1. The molecule has 2 unspecified atom stereocenters. The van der Waals surface area contributed by atoms with Crippen molar-refractivity contribution >= 4 is 23.2 Å². The van der Waals surface area contributed by atoms with Gasteiger partial charge in [-0.25, -0.2) is 0 Å². The highest BCUT2D eigenvalue weighted by Gasteiger charge is 2.33. The summed E-state index contributed by atoms with van der Waals surface area (Å²) in [6.07, 6.45) is 4.68. The summed E-state index contributed by atoms with van der Waals surface area (Å²) in [4.78, 5) is 17.9. The van der Waals surface area contributed by atoms with Gasteiger partial charge in [0.15, 0.2) is 0 Å². The predicted octanol–water partition coefficient (Wildman–Crippen LogP) is 4.89. The largest absolute Gasteiger partial charge is 0.384 e. The van der Waals surface area contributed by atoms with Crippen molar-refractivity contribution in [2.75, 3.05) is 25.5 Å². The predicted molar refractivity (Wildman–Crippen MR) is 124 cm³/mol. The molecule has 0 saturated carbocycles. The van der Waals surface area contributed by atoms with E-state index >= 15 is 0 Å². The number of benzene rings is 2. The van der Waals surface area contributed by atoms with Gasteiger partial charge in [0.2, 0.25) is 5.91 Å². The summed E-state index contributed by atoms with van der Waals surface area (Å²) in [6.45, 7) is 4.56. The Morgan fingerprint density at radius 2 is 1.90 bits per heavy atom. The number of carbonyl (C=O) groups is 1. The van der Waals surface area contributed by atoms with Crippen molar-refractivity contribution in [1.82, 2.24) is 9.80 Å². The third-order valence-electron chi connectivity index (χ3n) is 6.83. The van der Waals surface area contributed by atoms with Gasteiger partial charge in [0.05, 0.1) is 0 Å². The first kappa shape index (κ1) is 21.2. The van der Waals surface area contributed by atoms with Gasteiger partial charge in [-0.2, -0.15) is 0 Å². The highest BCUT2D eigenvalue weighted by Crippen LogP contribution is 2.29. The lowest BCUT2D eigenvalue weighted by molar-refractivity contribution is -0.132. The Morgan fingerprint density at radius 1 is 1.10 bits per heavy atom. The van der Waals surface area contributed by atoms with E-state index in [0.717, 1.165) is 36.5 Å². The van der Waals surface area contributed by atoms with E-state index in [1.807, 2.05) is 24.3 Å². The fraction of sp³-hybridized carbons (Fsp3) is 0.480. The molecule has 2 aliphatic rings. The van der Waals surface area contributed by atoms with Gasteiger partial charge in [-0.1, -0.05) is 48.0 Å². The molecule has 2 atom stereocenters. The first-order valence-electron chi connectivity index (χ1n) is 11.1. The minimum atomic E-state index is 0.207. The van der Waals surface area contributed by atoms with Crippen LogP contribution < -0.4 is 5.32 Å². The molecule has 160 valence electrons. The normalized spacial score (nSPS) is 22.2. The lowest BCUT2D eigenvalue weighted by atomic mass is 10.0. The van der Waals surface area contributed by atoms with Crippen LogP contribution in [0, 0.1) is 6.92 Å². The second-order valence-electron chi connectivity index (χ2n) is 8.74. The van der Waals surface area contributed by atoms with Crippen LogP contribution >= 0.6 is 11.6 Å². The molecule has 2 heterocycles. The van der Waals surface area contributed by atoms with Crippen LogP contribution in [0.3, 0.4) is 0 Å². The van der Waals surface area contributed by atoms with Crippen LogP contribution in [-0.2, 0) is 17.8 Å². The number of nitrogens with one attached hydrogen (secondary N) is 1. The lowest BCUT2D eigenvalue weighted by Crippen LogP contribution is -2.43. The summed E-state index contributed by atoms with van der Waals surface area (Å²) in [5, 5.41) is 4.42. The van der Waals surface area contributed by atoms with E-state index in [9.17, 15) is 4.79 Å². The molecule has 2 aliphatic heterocycles. The third-order valence-corrected chi connectivity index (χ3v) is 7.20. The van der Waals surface area contributed by atoms with Crippen LogP contribution in [0.25, 0.3) is 0 Å². The average Bonchev–Trinajstić information content (AvgIpc) is 3.06. The van der Waals surface area contributed by atoms with Gasteiger partial charge in [0.1, 0.15) is 0 Å². The number of nitrogens with zero attached hydrogens (tertiary/aromatic N) is 2. The molecule has 4 nitrogen and oxygen atoms in total. The average molecular weight is 426 g/mol. The SMILES string of the molecule is Cc1cccc2c1NCCC1CCC(CN(C(=O)CCc3ccccc3Cl)C2)N1C. The zero-order valence-electron chi connectivity index (χ0n) is 18.0. The summed E-state index contributed by atoms with van der Waals surface area (Å²) in [5.41, 5.74) is 4.69. The molecule has 0 aliphatic carbocycles. The number of fused-ring (bicyclic) bond motifs is 3. The zero-order chi connectivity index (χ0) is 21.1. The quantitative estimate of drug-likeness (QED) is 0.760. The molecular formula is C25H32ClN3O. The number of halogens is 1. The minimum absolute atomic E-state index is 0.207. The fourth-order valence-electron chi connectivity index (χ4n) is 4.95. The monoisotopic (exact) mass is 425 g/mol. The number of aryl methyl sites for hydroxylation is 2. The highest BCUT2D eigenvalue weighted by molar-refractivity contribution is 6.31. The van der Waals surface area contributed by atoms with E-state index in [1.165, 1.54) is 23.2 Å². The summed E-state index contributed by atoms with van der Waals surface area (Å²) >= 11 is 6.31. The van der Waals surface area contributed by atoms with E-state index in [1.54, 1.807) is 0 Å². The minimum Gasteiger partial charge on any atom is -0.384 e. The number of carbonyl (C=O) groups excluding carboxylic acids is 1. The van der Waals surface area contributed by atoms with E-state index < -0.39 is 0 Å². The van der Waals surface area contributed by atoms with E-state index in [4.69, 9.17) is 11.6 Å². The van der Waals surface area contributed by atoms with E-state index in [2.05, 4.69) is 47.3 Å². The fourth-order valence-corrected chi connectivity index (χ4v) is 5.18. The van der Waals surface area contributed by atoms with Gasteiger partial charge in [-0.3, -0.25) is 9.69 Å². The molecule has 4 rings (SSSR count). The maximum Gasteiger partial charge on any atom is 0.223 e. The lowest BCUT2D eigenvalue weighted by Gasteiger charge is -2.31. The molecule has 2 aromatic carbocycles. The zero-order valence-corrected chi connectivity index (χ0v) is 18.8. The Bertz CT molecular complexity index is 900. The number of para-hydroxylation sites is 1. The summed E-state index contributed by atoms with van der Waals surface area (Å²) in [7, 11) is 2.23. The topological polar surface area (TPSA) is 35.6 Å². The molecule has 1 saturated heterocycles. The van der Waals surface area contributed by atoms with Crippen LogP contribution in [0.15, 0.2) is 42.5 Å². The Hall–Kier alpha value is -2.04. The first-order valence-corrected chi connectivity index (χ1v) is 11.5. The van der Waals surface area contributed by atoms with Crippen molar-refractivity contribution in [2.24, 2.45) is 0 Å². The van der Waals surface area contributed by atoms with Crippen molar-refractivity contribution < 1.29 is 4.79 Å². The van der Waals surface area contributed by atoms with Crippen molar-refractivity contribution in [2.45, 2.75) is 57.7 Å². The number of hydrogen-bond acceptors (Lipinski definition) is 3. The van der Waals surface area contributed by atoms with E-state index in [-0.39, 0.29) is 5.91 Å². The molecule has 0 radical (unpaired) electrons. The Kier molecular flexibility index (Phi) is 6.64. The maximum atomic E-state index is 13.4. The van der Waals surface area contributed by atoms with Gasteiger partial charge in [-0.05, 0) is 62.4 Å². The van der Waals surface area contributed by atoms with Gasteiger partial charge < -0.3 is 10.2 Å². The number of likely N-dealkylation sites (N-methyl/N-ethyl adjacent to an activating group) is 1. The van der Waals surface area contributed by atoms with Crippen LogP contribution in [0.1, 0.15) is 42.4 Å². The molecule has 2 aromatic rings. The maximum absolute atomic E-state index is 13.4. The third kappa shape index (κ3) is 4.65.